The van der Waals surface area contributed by atoms with E-state index in [1.165, 1.54) is 12.1 Å². The zero-order valence-corrected chi connectivity index (χ0v) is 24.5. The molecule has 46 heavy (non-hydrogen) atoms. The number of aromatic hydroxyl groups is 2. The number of nitrogens with one attached hydrogen (secondary N) is 2. The Kier molecular flexibility index (Phi) is 7.28. The first-order valence-corrected chi connectivity index (χ1v) is 14.7. The van der Waals surface area contributed by atoms with Gasteiger partial charge in [0.2, 0.25) is 11.6 Å². The second-order valence-corrected chi connectivity index (χ2v) is 10.7. The maximum absolute atomic E-state index is 14.6. The van der Waals surface area contributed by atoms with Gasteiger partial charge in [-0.15, -0.1) is 0 Å². The Morgan fingerprint density at radius 1 is 0.391 bits per heavy atom. The average molecular weight is 605 g/mol. The normalized spacial score (nSPS) is 11.7. The number of hydrogen-bond acceptors (Lipinski definition) is 8. The first-order valence-electron chi connectivity index (χ1n) is 14.7. The predicted octanol–water partition coefficient (Wildman–Crippen LogP) is 8.20. The number of fused-ring (bicyclic) bond motifs is 2. The largest absolute Gasteiger partial charge is 0.507 e. The number of ketones is 2. The summed E-state index contributed by atoms with van der Waals surface area (Å²) < 4.78 is 0. The Morgan fingerprint density at radius 3 is 1.07 bits per heavy atom. The van der Waals surface area contributed by atoms with Crippen LogP contribution in [0.2, 0.25) is 0 Å². The molecule has 7 rings (SSSR count). The van der Waals surface area contributed by atoms with E-state index in [9.17, 15) is 19.8 Å². The van der Waals surface area contributed by atoms with Gasteiger partial charge in [0.1, 0.15) is 11.5 Å². The van der Waals surface area contributed by atoms with Crippen molar-refractivity contribution >= 4 is 45.7 Å². The lowest BCUT2D eigenvalue weighted by atomic mass is 9.81. The van der Waals surface area contributed by atoms with Crippen molar-refractivity contribution in [1.29, 1.82) is 0 Å². The third kappa shape index (κ3) is 5.03. The highest BCUT2D eigenvalue weighted by molar-refractivity contribution is 6.34. The van der Waals surface area contributed by atoms with Crippen LogP contribution in [-0.4, -0.2) is 21.8 Å². The molecule has 0 saturated carbocycles. The van der Waals surface area contributed by atoms with Crippen LogP contribution in [0.4, 0.5) is 34.1 Å². The van der Waals surface area contributed by atoms with Gasteiger partial charge in [0.15, 0.2) is 0 Å². The van der Waals surface area contributed by atoms with Crippen LogP contribution in [0.5, 0.6) is 11.5 Å². The Hall–Kier alpha value is -6.54. The van der Waals surface area contributed by atoms with Crippen LogP contribution in [0.15, 0.2) is 146 Å². The van der Waals surface area contributed by atoms with Gasteiger partial charge in [-0.1, -0.05) is 72.8 Å². The van der Waals surface area contributed by atoms with Crippen LogP contribution >= 0.6 is 0 Å². The molecule has 1 aliphatic carbocycles. The quantitative estimate of drug-likeness (QED) is 0.102. The summed E-state index contributed by atoms with van der Waals surface area (Å²) in [6.45, 7) is 0. The Balaban J connectivity index is 1.51. The molecule has 0 spiro atoms. The van der Waals surface area contributed by atoms with Gasteiger partial charge < -0.3 is 10.2 Å². The van der Waals surface area contributed by atoms with E-state index in [2.05, 4.69) is 10.9 Å². The molecule has 0 atom stereocenters. The molecule has 0 heterocycles. The van der Waals surface area contributed by atoms with Crippen LogP contribution in [0, 0.1) is 0 Å². The molecule has 8 heteroatoms. The zero-order valence-electron chi connectivity index (χ0n) is 24.5. The first-order chi connectivity index (χ1) is 22.5. The number of carbonyl (C=O) groups is 2. The number of phenolic OH excluding ortho intramolecular Hbond substituents is 2. The molecule has 8 nitrogen and oxygen atoms in total. The molecule has 0 amide bonds. The molecule has 6 aromatic carbocycles. The smallest absolute Gasteiger partial charge is 0.200 e. The van der Waals surface area contributed by atoms with E-state index in [4.69, 9.17) is 0 Å². The predicted molar refractivity (Wildman–Crippen MR) is 180 cm³/mol. The average Bonchev–Trinajstić information content (AvgIpc) is 3.10. The highest BCUT2D eigenvalue weighted by Crippen LogP contribution is 2.46. The van der Waals surface area contributed by atoms with Crippen LogP contribution in [0.25, 0.3) is 0 Å². The van der Waals surface area contributed by atoms with Crippen molar-refractivity contribution in [2.45, 2.75) is 0 Å². The van der Waals surface area contributed by atoms with Crippen molar-refractivity contribution in [2.75, 3.05) is 20.9 Å². The second-order valence-electron chi connectivity index (χ2n) is 10.7. The number of hydrazine groups is 2. The van der Waals surface area contributed by atoms with Crippen LogP contribution in [0.1, 0.15) is 31.8 Å². The molecule has 0 aromatic heterocycles. The summed E-state index contributed by atoms with van der Waals surface area (Å²) in [5, 5.41) is 25.3. The topological polar surface area (TPSA) is 105 Å². The van der Waals surface area contributed by atoms with Crippen molar-refractivity contribution in [3.05, 3.63) is 168 Å². The third-order valence-electron chi connectivity index (χ3n) is 7.77. The lowest BCUT2D eigenvalue weighted by Crippen LogP contribution is -2.33. The summed E-state index contributed by atoms with van der Waals surface area (Å²) in [6.07, 6.45) is 0. The van der Waals surface area contributed by atoms with E-state index >= 15 is 0 Å². The first kappa shape index (κ1) is 28.2. The zero-order chi connectivity index (χ0) is 31.6. The summed E-state index contributed by atoms with van der Waals surface area (Å²) >= 11 is 0. The maximum Gasteiger partial charge on any atom is 0.200 e. The highest BCUT2D eigenvalue weighted by atomic mass is 16.3. The van der Waals surface area contributed by atoms with E-state index in [1.54, 1.807) is 22.2 Å². The third-order valence-corrected chi connectivity index (χ3v) is 7.77. The lowest BCUT2D eigenvalue weighted by Gasteiger charge is -2.34. The fraction of sp³-hybridized carbons (Fsp3) is 0. The van der Waals surface area contributed by atoms with E-state index in [-0.39, 0.29) is 22.3 Å². The molecule has 1 aliphatic rings. The van der Waals surface area contributed by atoms with Crippen LogP contribution in [0.3, 0.4) is 0 Å². The molecule has 4 N–H and O–H groups in total. The lowest BCUT2D eigenvalue weighted by molar-refractivity contribution is 0.0975. The van der Waals surface area contributed by atoms with Crippen molar-refractivity contribution < 1.29 is 19.8 Å². The van der Waals surface area contributed by atoms with Crippen molar-refractivity contribution in [2.24, 2.45) is 0 Å². The van der Waals surface area contributed by atoms with Crippen molar-refractivity contribution in [3.8, 4) is 11.5 Å². The van der Waals surface area contributed by atoms with E-state index in [0.717, 1.165) is 11.4 Å². The van der Waals surface area contributed by atoms with Gasteiger partial charge >= 0.3 is 0 Å². The van der Waals surface area contributed by atoms with Gasteiger partial charge in [0, 0.05) is 0 Å². The molecule has 0 saturated heterocycles. The number of para-hydroxylation sites is 4. The molecule has 0 radical (unpaired) electrons. The molecule has 0 unspecified atom stereocenters. The summed E-state index contributed by atoms with van der Waals surface area (Å²) in [7, 11) is 0. The van der Waals surface area contributed by atoms with Gasteiger partial charge in [-0.05, 0) is 72.8 Å². The van der Waals surface area contributed by atoms with Gasteiger partial charge in [-0.2, -0.15) is 0 Å². The monoisotopic (exact) mass is 604 g/mol. The number of carbonyl (C=O) groups excluding carboxylic acids is 2. The van der Waals surface area contributed by atoms with Gasteiger partial charge in [-0.25, -0.2) is 0 Å². The van der Waals surface area contributed by atoms with Gasteiger partial charge in [0.25, 0.3) is 0 Å². The second kappa shape index (κ2) is 11.9. The SMILES string of the molecule is O=C1c2c(O)ccc(O)c2C(=O)c2c(N(Nc3ccccc3)c3ccccc3)ccc(N(Nc3ccccc3)c3ccccc3)c21. The minimum atomic E-state index is -0.599. The Bertz CT molecular complexity index is 1910. The summed E-state index contributed by atoms with van der Waals surface area (Å²) in [5.41, 5.74) is 10.1. The minimum Gasteiger partial charge on any atom is -0.507 e. The Labute approximate surface area is 265 Å². The summed E-state index contributed by atoms with van der Waals surface area (Å²) in [4.78, 5) is 29.2. The molecule has 6 aromatic rings. The van der Waals surface area contributed by atoms with E-state index in [1.807, 2.05) is 121 Å². The van der Waals surface area contributed by atoms with Gasteiger partial charge in [-0.3, -0.25) is 30.5 Å². The summed E-state index contributed by atoms with van der Waals surface area (Å²) in [6, 6.07) is 43.8. The highest BCUT2D eigenvalue weighted by Gasteiger charge is 2.40. The number of benzene rings is 6. The molecule has 224 valence electrons. The number of phenols is 2. The molecular formula is C38H28N4O4. The minimum absolute atomic E-state index is 0.0685. The van der Waals surface area contributed by atoms with Gasteiger partial charge in [0.05, 0.1) is 56.4 Å². The maximum atomic E-state index is 14.6. The van der Waals surface area contributed by atoms with Crippen molar-refractivity contribution in [1.82, 2.24) is 0 Å². The molecule has 0 aliphatic heterocycles. The van der Waals surface area contributed by atoms with E-state index in [0.29, 0.717) is 22.7 Å². The molecular weight excluding hydrogens is 576 g/mol. The number of hydrogen-bond donors (Lipinski definition) is 4. The molecule has 0 bridgehead atoms. The molecule has 0 fully saturated rings. The van der Waals surface area contributed by atoms with Crippen LogP contribution in [-0.2, 0) is 0 Å². The number of rotatable bonds is 8. The standard InChI is InChI=1S/C38H28N4O4/c43-31-23-24-32(44)36-35(31)37(45)33-29(41(27-17-9-3-10-18-27)39-25-13-5-1-6-14-25)21-22-30(34(33)38(36)46)42(28-19-11-4-12-20-28)40-26-15-7-2-8-16-26/h1-24,39-40,43-44H. The number of nitrogens with zero attached hydrogens (tertiary/aromatic N) is 2. The van der Waals surface area contributed by atoms with Crippen LogP contribution < -0.4 is 20.9 Å². The van der Waals surface area contributed by atoms with Crippen molar-refractivity contribution in [3.63, 3.8) is 0 Å². The fourth-order valence-corrected chi connectivity index (χ4v) is 5.67. The fourth-order valence-electron chi connectivity index (χ4n) is 5.67. The summed E-state index contributed by atoms with van der Waals surface area (Å²) in [5.74, 6) is -1.98. The number of anilines is 6. The van der Waals surface area contributed by atoms with E-state index < -0.39 is 23.1 Å². The Morgan fingerprint density at radius 2 is 0.717 bits per heavy atom.